The zero-order valence-corrected chi connectivity index (χ0v) is 18.3. The van der Waals surface area contributed by atoms with Gasteiger partial charge in [0.1, 0.15) is 18.4 Å². The predicted molar refractivity (Wildman–Crippen MR) is 119 cm³/mol. The summed E-state index contributed by atoms with van der Waals surface area (Å²) in [6.45, 7) is 2.05. The Bertz CT molecular complexity index is 1230. The Kier molecular flexibility index (Phi) is 6.46. The number of aromatic nitrogens is 2. The maximum absolute atomic E-state index is 12.6. The minimum atomic E-state index is -0.848. The molecule has 1 N–H and O–H groups in total. The number of hydrogen-bond acceptors (Lipinski definition) is 8. The lowest BCUT2D eigenvalue weighted by atomic mass is 10.1. The van der Waals surface area contributed by atoms with Crippen molar-refractivity contribution in [2.75, 3.05) is 7.11 Å². The number of aryl methyl sites for hydroxylation is 1. The molecule has 0 aliphatic rings. The topological polar surface area (TPSA) is 104 Å². The number of rotatable bonds is 8. The normalized spacial score (nSPS) is 11.8. The molecule has 0 unspecified atom stereocenters. The summed E-state index contributed by atoms with van der Waals surface area (Å²) in [5.74, 6) is -0.0613. The highest BCUT2D eigenvalue weighted by atomic mass is 32.1. The third kappa shape index (κ3) is 5.12. The zero-order chi connectivity index (χ0) is 22.5. The molecular formula is C23H21N3O5S. The summed E-state index contributed by atoms with van der Waals surface area (Å²) >= 11 is 1.62. The molecule has 1 atom stereocenters. The first-order valence-corrected chi connectivity index (χ1v) is 10.7. The molecule has 32 heavy (non-hydrogen) atoms. The van der Waals surface area contributed by atoms with Gasteiger partial charge in [0, 0.05) is 18.6 Å². The summed E-state index contributed by atoms with van der Waals surface area (Å²) < 4.78 is 16.9. The average molecular weight is 452 g/mol. The van der Waals surface area contributed by atoms with Crippen molar-refractivity contribution in [3.05, 3.63) is 76.6 Å². The molecule has 0 saturated heterocycles. The molecule has 2 aromatic carbocycles. The van der Waals surface area contributed by atoms with Gasteiger partial charge in [-0.1, -0.05) is 35.5 Å². The number of nitrogens with one attached hydrogen (secondary N) is 1. The van der Waals surface area contributed by atoms with E-state index >= 15 is 0 Å². The van der Waals surface area contributed by atoms with E-state index in [2.05, 4.69) is 15.5 Å². The van der Waals surface area contributed by atoms with Gasteiger partial charge in [-0.25, -0.2) is 9.78 Å². The summed E-state index contributed by atoms with van der Waals surface area (Å²) in [5.41, 5.74) is 1.82. The molecule has 8 nitrogen and oxygen atoms in total. The summed E-state index contributed by atoms with van der Waals surface area (Å²) in [7, 11) is 1.28. The van der Waals surface area contributed by atoms with Gasteiger partial charge in [0.25, 0.3) is 5.91 Å². The van der Waals surface area contributed by atoms with Crippen molar-refractivity contribution in [3.63, 3.8) is 0 Å². The monoisotopic (exact) mass is 451 g/mol. The number of carbonyl (C=O) groups excluding carboxylic acids is 2. The Balaban J connectivity index is 1.38. The van der Waals surface area contributed by atoms with E-state index in [4.69, 9.17) is 14.0 Å². The van der Waals surface area contributed by atoms with Crippen LogP contribution in [-0.2, 0) is 22.6 Å². The molecule has 0 aliphatic heterocycles. The van der Waals surface area contributed by atoms with Crippen molar-refractivity contribution in [1.82, 2.24) is 15.5 Å². The first kappa shape index (κ1) is 21.5. The van der Waals surface area contributed by atoms with Gasteiger partial charge in [-0.15, -0.1) is 11.3 Å². The van der Waals surface area contributed by atoms with E-state index in [1.54, 1.807) is 11.3 Å². The van der Waals surface area contributed by atoms with Gasteiger partial charge in [0.15, 0.2) is 11.5 Å². The zero-order valence-electron chi connectivity index (χ0n) is 17.5. The maximum atomic E-state index is 12.6. The molecule has 2 heterocycles. The van der Waals surface area contributed by atoms with Crippen LogP contribution < -0.4 is 10.1 Å². The molecule has 0 bridgehead atoms. The molecule has 2 aromatic heterocycles. The maximum Gasteiger partial charge on any atom is 0.328 e. The van der Waals surface area contributed by atoms with Crippen LogP contribution in [0.3, 0.4) is 0 Å². The average Bonchev–Trinajstić information content (AvgIpc) is 3.42. The first-order valence-electron chi connectivity index (χ1n) is 9.90. The highest BCUT2D eigenvalue weighted by Crippen LogP contribution is 2.26. The molecule has 164 valence electrons. The Morgan fingerprint density at radius 2 is 1.97 bits per heavy atom. The van der Waals surface area contributed by atoms with E-state index in [1.807, 2.05) is 55.5 Å². The smallest absolute Gasteiger partial charge is 0.328 e. The molecule has 0 saturated carbocycles. The fourth-order valence-electron chi connectivity index (χ4n) is 3.17. The summed E-state index contributed by atoms with van der Waals surface area (Å²) in [5, 5.41) is 7.44. The van der Waals surface area contributed by atoms with Crippen molar-refractivity contribution >= 4 is 33.4 Å². The van der Waals surface area contributed by atoms with Crippen LogP contribution in [0.2, 0.25) is 0 Å². The number of nitrogens with zero attached hydrogens (tertiary/aromatic N) is 2. The van der Waals surface area contributed by atoms with Crippen molar-refractivity contribution in [2.45, 2.75) is 26.0 Å². The van der Waals surface area contributed by atoms with E-state index < -0.39 is 17.9 Å². The second-order valence-electron chi connectivity index (χ2n) is 7.07. The molecule has 0 spiro atoms. The first-order chi connectivity index (χ1) is 15.5. The van der Waals surface area contributed by atoms with Crippen molar-refractivity contribution in [1.29, 1.82) is 0 Å². The number of esters is 1. The van der Waals surface area contributed by atoms with Crippen molar-refractivity contribution < 1.29 is 23.6 Å². The van der Waals surface area contributed by atoms with Gasteiger partial charge in [0.2, 0.25) is 0 Å². The van der Waals surface area contributed by atoms with Gasteiger partial charge in [-0.2, -0.15) is 0 Å². The van der Waals surface area contributed by atoms with E-state index in [0.29, 0.717) is 17.9 Å². The lowest BCUT2D eigenvalue weighted by molar-refractivity contribution is -0.142. The molecule has 0 fully saturated rings. The minimum Gasteiger partial charge on any atom is -0.485 e. The van der Waals surface area contributed by atoms with Crippen LogP contribution in [0.1, 0.15) is 26.8 Å². The number of benzene rings is 2. The summed E-state index contributed by atoms with van der Waals surface area (Å²) in [6.07, 6.45) is 0.297. The van der Waals surface area contributed by atoms with Crippen LogP contribution >= 0.6 is 11.3 Å². The number of ether oxygens (including phenoxy) is 2. The predicted octanol–water partition coefficient (Wildman–Crippen LogP) is 3.69. The number of hydrogen-bond donors (Lipinski definition) is 1. The molecule has 1 amide bonds. The van der Waals surface area contributed by atoms with E-state index in [1.165, 1.54) is 13.2 Å². The fourth-order valence-corrected chi connectivity index (χ4v) is 3.98. The minimum absolute atomic E-state index is 0.0520. The molecule has 0 aliphatic carbocycles. The Morgan fingerprint density at radius 3 is 2.75 bits per heavy atom. The number of carbonyl (C=O) groups is 2. The van der Waals surface area contributed by atoms with Gasteiger partial charge in [-0.05, 0) is 24.6 Å². The lowest BCUT2D eigenvalue weighted by Gasteiger charge is -2.15. The number of methoxy groups -OCH3 is 1. The van der Waals surface area contributed by atoms with Crippen LogP contribution in [0.25, 0.3) is 10.2 Å². The third-order valence-corrected chi connectivity index (χ3v) is 5.66. The molecule has 4 aromatic rings. The Hall–Kier alpha value is -3.72. The van der Waals surface area contributed by atoms with Crippen molar-refractivity contribution in [3.8, 4) is 5.75 Å². The third-order valence-electron chi connectivity index (χ3n) is 4.71. The quantitative estimate of drug-likeness (QED) is 0.408. The van der Waals surface area contributed by atoms with Gasteiger partial charge in [-0.3, -0.25) is 4.79 Å². The van der Waals surface area contributed by atoms with Crippen LogP contribution in [0, 0.1) is 6.92 Å². The van der Waals surface area contributed by atoms with Gasteiger partial charge >= 0.3 is 5.97 Å². The number of thiazole rings is 1. The van der Waals surface area contributed by atoms with Crippen LogP contribution in [0.15, 0.2) is 59.1 Å². The SMILES string of the molecule is COC(=O)[C@H](Cc1ccccc1)NC(=O)c1cc(COc2ccc3sc(C)nc3c2)on1. The van der Waals surface area contributed by atoms with Crippen molar-refractivity contribution in [2.24, 2.45) is 0 Å². The Morgan fingerprint density at radius 1 is 1.16 bits per heavy atom. The van der Waals surface area contributed by atoms with Gasteiger partial charge < -0.3 is 19.3 Å². The standard InChI is InChI=1S/C23H21N3O5S/c1-14-24-18-11-16(8-9-21(18)32-14)30-13-17-12-19(26-31-17)22(27)25-20(23(28)29-2)10-15-6-4-3-5-7-15/h3-9,11-12,20H,10,13H2,1-2H3,(H,25,27)/t20-/m0/s1. The fraction of sp³-hybridized carbons (Fsp3) is 0.217. The molecular weight excluding hydrogens is 430 g/mol. The van der Waals surface area contributed by atoms with Crippen LogP contribution in [0.4, 0.5) is 0 Å². The highest BCUT2D eigenvalue weighted by molar-refractivity contribution is 7.18. The molecule has 0 radical (unpaired) electrons. The largest absolute Gasteiger partial charge is 0.485 e. The van der Waals surface area contributed by atoms with E-state index in [0.717, 1.165) is 20.8 Å². The Labute approximate surface area is 188 Å². The number of amides is 1. The van der Waals surface area contributed by atoms with Gasteiger partial charge in [0.05, 0.1) is 22.3 Å². The van der Waals surface area contributed by atoms with Crippen LogP contribution in [-0.4, -0.2) is 35.2 Å². The molecule has 9 heteroatoms. The summed E-state index contributed by atoms with van der Waals surface area (Å²) in [6, 6.07) is 15.7. The lowest BCUT2D eigenvalue weighted by Crippen LogP contribution is -2.43. The van der Waals surface area contributed by atoms with Crippen LogP contribution in [0.5, 0.6) is 5.75 Å². The second kappa shape index (κ2) is 9.61. The van der Waals surface area contributed by atoms with E-state index in [9.17, 15) is 9.59 Å². The summed E-state index contributed by atoms with van der Waals surface area (Å²) in [4.78, 5) is 29.2. The second-order valence-corrected chi connectivity index (χ2v) is 8.30. The number of fused-ring (bicyclic) bond motifs is 1. The highest BCUT2D eigenvalue weighted by Gasteiger charge is 2.24. The van der Waals surface area contributed by atoms with E-state index in [-0.39, 0.29) is 12.3 Å². The molecule has 4 rings (SSSR count).